The Morgan fingerprint density at radius 1 is 1.03 bits per heavy atom. The Labute approximate surface area is 176 Å². The van der Waals surface area contributed by atoms with Gasteiger partial charge in [-0.25, -0.2) is 9.97 Å². The van der Waals surface area contributed by atoms with Gasteiger partial charge in [0.1, 0.15) is 11.3 Å². The van der Waals surface area contributed by atoms with Gasteiger partial charge in [0.05, 0.1) is 6.54 Å². The van der Waals surface area contributed by atoms with Gasteiger partial charge in [-0.05, 0) is 49.6 Å². The molecule has 2 heterocycles. The van der Waals surface area contributed by atoms with E-state index in [1.165, 1.54) is 11.1 Å². The largest absolute Gasteiger partial charge is 0.326 e. The van der Waals surface area contributed by atoms with E-state index in [0.717, 1.165) is 47.6 Å². The Hall–Kier alpha value is -3.47. The highest BCUT2D eigenvalue weighted by molar-refractivity contribution is 5.91. The zero-order valence-electron chi connectivity index (χ0n) is 17.4. The van der Waals surface area contributed by atoms with Crippen LogP contribution in [0.15, 0.2) is 66.9 Å². The number of anilines is 1. The molecule has 0 aliphatic heterocycles. The van der Waals surface area contributed by atoms with E-state index in [0.29, 0.717) is 6.42 Å². The Bertz CT molecular complexity index is 1160. The maximum Gasteiger partial charge on any atom is 0.224 e. The Kier molecular flexibility index (Phi) is 5.89. The fourth-order valence-corrected chi connectivity index (χ4v) is 3.70. The van der Waals surface area contributed by atoms with Gasteiger partial charge in [0.15, 0.2) is 5.65 Å². The third-order valence-corrected chi connectivity index (χ3v) is 5.23. The summed E-state index contributed by atoms with van der Waals surface area (Å²) >= 11 is 0. The SMILES string of the molecule is Cc1ccc(NC(=O)CCCc2nc3cccnc3n2Cc2ccccc2)c(C)c1. The van der Waals surface area contributed by atoms with Crippen LogP contribution in [0.1, 0.15) is 35.4 Å². The normalized spacial score (nSPS) is 11.0. The standard InChI is InChI=1S/C25H26N4O/c1-18-13-14-21(19(2)16-18)28-24(30)12-6-11-23-27-22-10-7-15-26-25(22)29(23)17-20-8-4-3-5-9-20/h3-5,7-10,13-16H,6,11-12,17H2,1-2H3,(H,28,30). The number of nitrogens with zero attached hydrogens (tertiary/aromatic N) is 3. The number of hydrogen-bond acceptors (Lipinski definition) is 3. The number of imidazole rings is 1. The Balaban J connectivity index is 1.44. The minimum Gasteiger partial charge on any atom is -0.326 e. The number of carbonyl (C=O) groups excluding carboxylic acids is 1. The summed E-state index contributed by atoms with van der Waals surface area (Å²) in [6.07, 6.45) is 3.71. The van der Waals surface area contributed by atoms with Crippen LogP contribution in [0.4, 0.5) is 5.69 Å². The summed E-state index contributed by atoms with van der Waals surface area (Å²) in [7, 11) is 0. The molecule has 0 saturated carbocycles. The number of nitrogens with one attached hydrogen (secondary N) is 1. The maximum atomic E-state index is 12.4. The minimum absolute atomic E-state index is 0.0331. The summed E-state index contributed by atoms with van der Waals surface area (Å²) in [6.45, 7) is 4.79. The minimum atomic E-state index is 0.0331. The monoisotopic (exact) mass is 398 g/mol. The topological polar surface area (TPSA) is 59.8 Å². The number of hydrogen-bond donors (Lipinski definition) is 1. The Morgan fingerprint density at radius 3 is 2.67 bits per heavy atom. The molecule has 4 aromatic rings. The zero-order valence-corrected chi connectivity index (χ0v) is 17.4. The second-order valence-electron chi connectivity index (χ2n) is 7.67. The number of aryl methyl sites for hydroxylation is 3. The van der Waals surface area contributed by atoms with Crippen molar-refractivity contribution in [3.05, 3.63) is 89.4 Å². The van der Waals surface area contributed by atoms with Crippen molar-refractivity contribution in [1.29, 1.82) is 0 Å². The van der Waals surface area contributed by atoms with E-state index in [2.05, 4.69) is 40.0 Å². The van der Waals surface area contributed by atoms with Crippen LogP contribution >= 0.6 is 0 Å². The smallest absolute Gasteiger partial charge is 0.224 e. The predicted molar refractivity (Wildman–Crippen MR) is 121 cm³/mol. The third-order valence-electron chi connectivity index (χ3n) is 5.23. The number of aromatic nitrogens is 3. The first-order chi connectivity index (χ1) is 14.6. The van der Waals surface area contributed by atoms with Crippen molar-refractivity contribution in [1.82, 2.24) is 14.5 Å². The van der Waals surface area contributed by atoms with Gasteiger partial charge in [-0.1, -0.05) is 48.0 Å². The second kappa shape index (κ2) is 8.91. The number of pyridine rings is 1. The van der Waals surface area contributed by atoms with Crippen LogP contribution < -0.4 is 5.32 Å². The van der Waals surface area contributed by atoms with Crippen LogP contribution in [0.2, 0.25) is 0 Å². The highest BCUT2D eigenvalue weighted by Gasteiger charge is 2.13. The quantitative estimate of drug-likeness (QED) is 0.473. The van der Waals surface area contributed by atoms with Crippen molar-refractivity contribution in [3.8, 4) is 0 Å². The van der Waals surface area contributed by atoms with Crippen molar-refractivity contribution in [2.24, 2.45) is 0 Å². The first kappa shape index (κ1) is 19.8. The van der Waals surface area contributed by atoms with Gasteiger partial charge < -0.3 is 9.88 Å². The molecule has 0 aliphatic carbocycles. The van der Waals surface area contributed by atoms with Crippen LogP contribution in [-0.4, -0.2) is 20.4 Å². The number of amides is 1. The lowest BCUT2D eigenvalue weighted by Crippen LogP contribution is -2.13. The first-order valence-electron chi connectivity index (χ1n) is 10.3. The molecule has 1 N–H and O–H groups in total. The van der Waals surface area contributed by atoms with Gasteiger partial charge in [-0.2, -0.15) is 0 Å². The molecule has 0 saturated heterocycles. The highest BCUT2D eigenvalue weighted by atomic mass is 16.1. The molecule has 1 amide bonds. The maximum absolute atomic E-state index is 12.4. The van der Waals surface area contributed by atoms with Gasteiger partial charge >= 0.3 is 0 Å². The van der Waals surface area contributed by atoms with Crippen LogP contribution in [-0.2, 0) is 17.8 Å². The first-order valence-corrected chi connectivity index (χ1v) is 10.3. The molecule has 0 unspecified atom stereocenters. The molecule has 4 rings (SSSR count). The summed E-state index contributed by atoms with van der Waals surface area (Å²) in [5, 5.41) is 3.03. The number of carbonyl (C=O) groups is 1. The van der Waals surface area contributed by atoms with Crippen molar-refractivity contribution in [3.63, 3.8) is 0 Å². The van der Waals surface area contributed by atoms with E-state index in [1.54, 1.807) is 6.20 Å². The van der Waals surface area contributed by atoms with Crippen molar-refractivity contribution in [2.75, 3.05) is 5.32 Å². The molecule has 2 aromatic carbocycles. The van der Waals surface area contributed by atoms with Crippen LogP contribution in [0.25, 0.3) is 11.2 Å². The summed E-state index contributed by atoms with van der Waals surface area (Å²) in [5.41, 5.74) is 6.14. The van der Waals surface area contributed by atoms with Gasteiger partial charge in [-0.3, -0.25) is 4.79 Å². The van der Waals surface area contributed by atoms with Crippen molar-refractivity contribution < 1.29 is 4.79 Å². The van der Waals surface area contributed by atoms with Gasteiger partial charge in [0.25, 0.3) is 0 Å². The van der Waals surface area contributed by atoms with Crippen LogP contribution in [0, 0.1) is 13.8 Å². The van der Waals surface area contributed by atoms with Gasteiger partial charge in [-0.15, -0.1) is 0 Å². The molecule has 0 atom stereocenters. The van der Waals surface area contributed by atoms with E-state index in [-0.39, 0.29) is 5.91 Å². The lowest BCUT2D eigenvalue weighted by atomic mass is 10.1. The van der Waals surface area contributed by atoms with Crippen LogP contribution in [0.3, 0.4) is 0 Å². The predicted octanol–water partition coefficient (Wildman–Crippen LogP) is 5.06. The number of fused-ring (bicyclic) bond motifs is 1. The molecule has 30 heavy (non-hydrogen) atoms. The molecule has 0 aliphatic rings. The molecular weight excluding hydrogens is 372 g/mol. The number of rotatable bonds is 7. The molecule has 5 heteroatoms. The molecule has 2 aromatic heterocycles. The van der Waals surface area contributed by atoms with E-state index in [4.69, 9.17) is 4.98 Å². The zero-order chi connectivity index (χ0) is 20.9. The van der Waals surface area contributed by atoms with E-state index in [9.17, 15) is 4.79 Å². The number of benzene rings is 2. The van der Waals surface area contributed by atoms with E-state index < -0.39 is 0 Å². The molecule has 0 spiro atoms. The Morgan fingerprint density at radius 2 is 1.87 bits per heavy atom. The summed E-state index contributed by atoms with van der Waals surface area (Å²) in [6, 6.07) is 20.3. The molecule has 0 fully saturated rings. The molecule has 5 nitrogen and oxygen atoms in total. The van der Waals surface area contributed by atoms with Gasteiger partial charge in [0.2, 0.25) is 5.91 Å². The summed E-state index contributed by atoms with van der Waals surface area (Å²) < 4.78 is 2.16. The lowest BCUT2D eigenvalue weighted by molar-refractivity contribution is -0.116. The van der Waals surface area contributed by atoms with Crippen LogP contribution in [0.5, 0.6) is 0 Å². The molecule has 0 radical (unpaired) electrons. The fourth-order valence-electron chi connectivity index (χ4n) is 3.70. The van der Waals surface area contributed by atoms with E-state index >= 15 is 0 Å². The lowest BCUT2D eigenvalue weighted by Gasteiger charge is -2.10. The summed E-state index contributed by atoms with van der Waals surface area (Å²) in [5.74, 6) is 0.998. The highest BCUT2D eigenvalue weighted by Crippen LogP contribution is 2.19. The average Bonchev–Trinajstić information content (AvgIpc) is 3.08. The van der Waals surface area contributed by atoms with Gasteiger partial charge in [0, 0.05) is 24.7 Å². The fraction of sp³-hybridized carbons (Fsp3) is 0.240. The average molecular weight is 399 g/mol. The van der Waals surface area contributed by atoms with Crippen molar-refractivity contribution in [2.45, 2.75) is 39.7 Å². The van der Waals surface area contributed by atoms with Crippen molar-refractivity contribution >= 4 is 22.8 Å². The molecule has 152 valence electrons. The molecular formula is C25H26N4O. The third kappa shape index (κ3) is 4.57. The summed E-state index contributed by atoms with van der Waals surface area (Å²) in [4.78, 5) is 21.8. The van der Waals surface area contributed by atoms with E-state index in [1.807, 2.05) is 49.4 Å². The second-order valence-corrected chi connectivity index (χ2v) is 7.67. The molecule has 0 bridgehead atoms.